The number of hydrogen-bond acceptors (Lipinski definition) is 5. The molecule has 2 aliphatic heterocycles. The van der Waals surface area contributed by atoms with Crippen LogP contribution in [0.15, 0.2) is 29.2 Å². The predicted octanol–water partition coefficient (Wildman–Crippen LogP) is 2.04. The first-order valence-corrected chi connectivity index (χ1v) is 11.8. The highest BCUT2D eigenvalue weighted by molar-refractivity contribution is 7.89. The first-order chi connectivity index (χ1) is 13.7. The molecule has 1 atom stereocenters. The number of sulfonamides is 1. The number of nitrogens with zero attached hydrogens (tertiary/aromatic N) is 3. The summed E-state index contributed by atoms with van der Waals surface area (Å²) in [7, 11) is 2.05. The molecule has 1 amide bonds. The van der Waals surface area contributed by atoms with Crippen LogP contribution in [0.1, 0.15) is 32.6 Å². The highest BCUT2D eigenvalue weighted by Crippen LogP contribution is 2.45. The van der Waals surface area contributed by atoms with Crippen LogP contribution < -0.4 is 4.74 Å². The molecule has 0 aliphatic carbocycles. The molecular formula is C21H33N3O4S. The molecule has 3 rings (SSSR count). The lowest BCUT2D eigenvalue weighted by molar-refractivity contribution is -0.143. The van der Waals surface area contributed by atoms with E-state index < -0.39 is 10.0 Å². The highest BCUT2D eigenvalue weighted by atomic mass is 32.2. The van der Waals surface area contributed by atoms with Crippen molar-refractivity contribution in [3.8, 4) is 5.75 Å². The Balaban J connectivity index is 1.76. The van der Waals surface area contributed by atoms with Gasteiger partial charge in [0.2, 0.25) is 15.9 Å². The average molecular weight is 424 g/mol. The minimum atomic E-state index is -3.55. The Kier molecular flexibility index (Phi) is 6.55. The van der Waals surface area contributed by atoms with Crippen LogP contribution in [0.2, 0.25) is 0 Å². The monoisotopic (exact) mass is 423 g/mol. The van der Waals surface area contributed by atoms with Gasteiger partial charge in [-0.2, -0.15) is 4.31 Å². The van der Waals surface area contributed by atoms with Crippen LogP contribution in [0.25, 0.3) is 0 Å². The smallest absolute Gasteiger partial charge is 0.243 e. The molecule has 1 spiro atoms. The lowest BCUT2D eigenvalue weighted by Gasteiger charge is -2.52. The first-order valence-electron chi connectivity index (χ1n) is 10.4. The van der Waals surface area contributed by atoms with E-state index in [1.807, 2.05) is 14.0 Å². The summed E-state index contributed by atoms with van der Waals surface area (Å²) in [6.45, 7) is 4.23. The Morgan fingerprint density at radius 3 is 2.31 bits per heavy atom. The second kappa shape index (κ2) is 8.62. The number of likely N-dealkylation sites (tertiary alicyclic amines) is 1. The van der Waals surface area contributed by atoms with Crippen molar-refractivity contribution in [2.75, 3.05) is 47.4 Å². The van der Waals surface area contributed by atoms with E-state index in [1.165, 1.54) is 0 Å². The molecular weight excluding hydrogens is 390 g/mol. The number of rotatable bonds is 5. The van der Waals surface area contributed by atoms with Crippen LogP contribution in [0.4, 0.5) is 0 Å². The Bertz CT molecular complexity index is 815. The van der Waals surface area contributed by atoms with Gasteiger partial charge in [-0.15, -0.1) is 0 Å². The number of carbonyl (C=O) groups excluding carboxylic acids is 1. The summed E-state index contributed by atoms with van der Waals surface area (Å²) < 4.78 is 33.2. The largest absolute Gasteiger partial charge is 0.494 e. The fourth-order valence-electron chi connectivity index (χ4n) is 4.83. The molecule has 7 nitrogen and oxygen atoms in total. The third-order valence-corrected chi connectivity index (χ3v) is 8.28. The number of amides is 1. The van der Waals surface area contributed by atoms with Crippen molar-refractivity contribution in [3.05, 3.63) is 24.3 Å². The fraction of sp³-hybridized carbons (Fsp3) is 0.667. The average Bonchev–Trinajstić information content (AvgIpc) is 2.69. The zero-order valence-corrected chi connectivity index (χ0v) is 18.7. The molecule has 1 aromatic carbocycles. The molecule has 8 heteroatoms. The Morgan fingerprint density at radius 1 is 1.14 bits per heavy atom. The van der Waals surface area contributed by atoms with Gasteiger partial charge >= 0.3 is 0 Å². The van der Waals surface area contributed by atoms with E-state index in [-0.39, 0.29) is 17.4 Å². The number of likely N-dealkylation sites (N-methyl/N-ethyl adjacent to an activating group) is 2. The zero-order chi connectivity index (χ0) is 21.2. The van der Waals surface area contributed by atoms with Gasteiger partial charge in [0.25, 0.3) is 0 Å². The highest BCUT2D eigenvalue weighted by Gasteiger charge is 2.50. The molecule has 2 heterocycles. The van der Waals surface area contributed by atoms with Crippen molar-refractivity contribution >= 4 is 15.9 Å². The summed E-state index contributed by atoms with van der Waals surface area (Å²) in [5.41, 5.74) is -0.154. The van der Waals surface area contributed by atoms with E-state index in [1.54, 1.807) is 47.6 Å². The molecule has 2 fully saturated rings. The number of carbonyl (C=O) groups is 1. The van der Waals surface area contributed by atoms with Gasteiger partial charge in [0.1, 0.15) is 5.75 Å². The second-order valence-electron chi connectivity index (χ2n) is 8.39. The summed E-state index contributed by atoms with van der Waals surface area (Å²) in [4.78, 5) is 17.0. The van der Waals surface area contributed by atoms with E-state index in [0.29, 0.717) is 43.2 Å². The molecule has 0 radical (unpaired) electrons. The van der Waals surface area contributed by atoms with Gasteiger partial charge in [-0.1, -0.05) is 0 Å². The van der Waals surface area contributed by atoms with Gasteiger partial charge in [0, 0.05) is 27.2 Å². The van der Waals surface area contributed by atoms with Crippen LogP contribution in [-0.2, 0) is 14.8 Å². The number of benzene rings is 1. The first kappa shape index (κ1) is 22.1. The van der Waals surface area contributed by atoms with E-state index in [9.17, 15) is 13.2 Å². The van der Waals surface area contributed by atoms with E-state index in [0.717, 1.165) is 19.4 Å². The Morgan fingerprint density at radius 2 is 1.76 bits per heavy atom. The van der Waals surface area contributed by atoms with Crippen LogP contribution in [-0.4, -0.2) is 81.9 Å². The van der Waals surface area contributed by atoms with Crippen LogP contribution in [0.3, 0.4) is 0 Å². The number of ether oxygens (including phenoxy) is 1. The summed E-state index contributed by atoms with van der Waals surface area (Å²) in [6.07, 6.45) is 3.42. The molecule has 0 aromatic heterocycles. The van der Waals surface area contributed by atoms with Crippen molar-refractivity contribution in [2.24, 2.45) is 5.41 Å². The third-order valence-electron chi connectivity index (χ3n) is 6.37. The van der Waals surface area contributed by atoms with Gasteiger partial charge in [-0.25, -0.2) is 8.42 Å². The maximum Gasteiger partial charge on any atom is 0.243 e. The van der Waals surface area contributed by atoms with Crippen molar-refractivity contribution in [3.63, 3.8) is 0 Å². The molecule has 1 unspecified atom stereocenters. The zero-order valence-electron chi connectivity index (χ0n) is 17.9. The number of hydrogen-bond donors (Lipinski definition) is 0. The third kappa shape index (κ3) is 4.29. The quantitative estimate of drug-likeness (QED) is 0.725. The van der Waals surface area contributed by atoms with Crippen LogP contribution in [0, 0.1) is 5.41 Å². The maximum absolute atomic E-state index is 13.1. The van der Waals surface area contributed by atoms with Crippen molar-refractivity contribution < 1.29 is 17.9 Å². The maximum atomic E-state index is 13.1. The topological polar surface area (TPSA) is 70.2 Å². The Labute approximate surface area is 174 Å². The van der Waals surface area contributed by atoms with Gasteiger partial charge in [0.05, 0.1) is 17.5 Å². The molecule has 1 aromatic rings. The summed E-state index contributed by atoms with van der Waals surface area (Å²) >= 11 is 0. The molecule has 0 N–H and O–H groups in total. The predicted molar refractivity (Wildman–Crippen MR) is 112 cm³/mol. The molecule has 0 saturated carbocycles. The second-order valence-corrected chi connectivity index (χ2v) is 10.3. The normalized spacial score (nSPS) is 23.1. The van der Waals surface area contributed by atoms with Gasteiger partial charge in [-0.3, -0.25) is 9.69 Å². The van der Waals surface area contributed by atoms with E-state index >= 15 is 0 Å². The summed E-state index contributed by atoms with van der Waals surface area (Å²) in [5, 5.41) is 0. The van der Waals surface area contributed by atoms with Crippen molar-refractivity contribution in [1.29, 1.82) is 0 Å². The summed E-state index contributed by atoms with van der Waals surface area (Å²) in [5.74, 6) is 0.786. The van der Waals surface area contributed by atoms with Crippen molar-refractivity contribution in [1.82, 2.24) is 14.1 Å². The van der Waals surface area contributed by atoms with E-state index in [2.05, 4.69) is 4.90 Å². The Hall–Kier alpha value is -1.64. The molecule has 29 heavy (non-hydrogen) atoms. The molecule has 0 bridgehead atoms. The minimum Gasteiger partial charge on any atom is -0.494 e. The van der Waals surface area contributed by atoms with Gasteiger partial charge in [0.15, 0.2) is 0 Å². The number of piperidine rings is 2. The molecule has 162 valence electrons. The standard InChI is InChI=1S/C21H33N3O4S/c1-5-28-17-7-9-18(10-8-17)29(26,27)24-15-12-21(13-16-24)11-6-14-23(4)19(21)20(25)22(2)3/h7-10,19H,5-6,11-16H2,1-4H3. The SMILES string of the molecule is CCOc1ccc(S(=O)(=O)N2CCC3(CCCN(C)C3C(=O)N(C)C)CC2)cc1. The van der Waals surface area contributed by atoms with Gasteiger partial charge < -0.3 is 9.64 Å². The lowest BCUT2D eigenvalue weighted by Crippen LogP contribution is -2.61. The molecule has 2 aliphatic rings. The fourth-order valence-corrected chi connectivity index (χ4v) is 6.27. The lowest BCUT2D eigenvalue weighted by atomic mass is 9.67. The minimum absolute atomic E-state index is 0.120. The van der Waals surface area contributed by atoms with Crippen LogP contribution >= 0.6 is 0 Å². The van der Waals surface area contributed by atoms with Crippen molar-refractivity contribution in [2.45, 2.75) is 43.5 Å². The van der Waals surface area contributed by atoms with Gasteiger partial charge in [-0.05, 0) is 75.9 Å². The van der Waals surface area contributed by atoms with E-state index in [4.69, 9.17) is 4.74 Å². The van der Waals surface area contributed by atoms with Crippen LogP contribution in [0.5, 0.6) is 5.75 Å². The molecule has 2 saturated heterocycles. The summed E-state index contributed by atoms with van der Waals surface area (Å²) in [6, 6.07) is 6.43.